The Bertz CT molecular complexity index is 222. The first-order valence-corrected chi connectivity index (χ1v) is 7.30. The van der Waals surface area contributed by atoms with E-state index < -0.39 is 28.3 Å². The fraction of sp³-hybridized carbons (Fsp3) is 1.00. The largest absolute Gasteiger partial charge is 0.308 e. The van der Waals surface area contributed by atoms with Gasteiger partial charge in [-0.1, -0.05) is 6.92 Å². The van der Waals surface area contributed by atoms with E-state index >= 15 is 0 Å². The Kier molecular flexibility index (Phi) is 5.47. The maximum atomic E-state index is 11.2. The molecule has 1 saturated heterocycles. The van der Waals surface area contributed by atoms with Gasteiger partial charge in [-0.25, -0.2) is 0 Å². The lowest BCUT2D eigenvalue weighted by Crippen LogP contribution is -2.31. The van der Waals surface area contributed by atoms with E-state index in [9.17, 15) is 13.3 Å². The third-order valence-electron chi connectivity index (χ3n) is 1.71. The summed E-state index contributed by atoms with van der Waals surface area (Å²) in [5.74, 6) is -0.0474. The predicted octanol–water partition coefficient (Wildman–Crippen LogP) is 1.46. The predicted molar refractivity (Wildman–Crippen MR) is 57.5 cm³/mol. The topological polar surface area (TPSA) is 85.2 Å². The molecule has 1 aliphatic rings. The second-order valence-corrected chi connectivity index (χ2v) is 5.75. The van der Waals surface area contributed by atoms with E-state index in [1.54, 1.807) is 0 Å². The highest BCUT2D eigenvalue weighted by molar-refractivity contribution is 8.20. The summed E-state index contributed by atoms with van der Waals surface area (Å²) < 4.78 is 44.2. The molecule has 1 fully saturated rings. The van der Waals surface area contributed by atoms with Gasteiger partial charge in [0, 0.05) is 6.42 Å². The van der Waals surface area contributed by atoms with Crippen molar-refractivity contribution < 1.29 is 25.9 Å². The van der Waals surface area contributed by atoms with Crippen molar-refractivity contribution in [3.05, 3.63) is 0 Å². The van der Waals surface area contributed by atoms with Gasteiger partial charge < -0.3 is 9.11 Å². The minimum Gasteiger partial charge on any atom is -0.308 e. The summed E-state index contributed by atoms with van der Waals surface area (Å²) in [6.45, 7) is 2.44. The van der Waals surface area contributed by atoms with Gasteiger partial charge in [-0.05, 0) is 6.42 Å². The molecule has 0 saturated carbocycles. The van der Waals surface area contributed by atoms with E-state index in [2.05, 4.69) is 0 Å². The molecular weight excluding hydrogens is 244 g/mol. The average Bonchev–Trinajstić information content (AvgIpc) is 2.13. The molecule has 2 N–H and O–H groups in total. The number of hydrogen-bond acceptors (Lipinski definition) is 6. The molecule has 6 nitrogen and oxygen atoms in total. The Morgan fingerprint density at radius 3 is 2.93 bits per heavy atom. The van der Waals surface area contributed by atoms with Crippen LogP contribution in [0.4, 0.5) is 0 Å². The molecule has 0 aliphatic carbocycles. The summed E-state index contributed by atoms with van der Waals surface area (Å²) in [6.07, 6.45) is 0.747. The van der Waals surface area contributed by atoms with Crippen molar-refractivity contribution in [2.24, 2.45) is 0 Å². The van der Waals surface area contributed by atoms with Crippen LogP contribution in [-0.2, 0) is 23.9 Å². The second kappa shape index (κ2) is 6.14. The van der Waals surface area contributed by atoms with Crippen LogP contribution in [-0.4, -0.2) is 38.4 Å². The fourth-order valence-electron chi connectivity index (χ4n) is 1.05. The summed E-state index contributed by atoms with van der Waals surface area (Å²) >= 11 is -1.82. The Morgan fingerprint density at radius 1 is 1.60 bits per heavy atom. The molecule has 0 aromatic carbocycles. The summed E-state index contributed by atoms with van der Waals surface area (Å²) in [5.41, 5.74) is 0. The van der Waals surface area contributed by atoms with E-state index in [1.165, 1.54) is 0 Å². The van der Waals surface area contributed by atoms with Crippen molar-refractivity contribution in [3.63, 3.8) is 0 Å². The van der Waals surface area contributed by atoms with Crippen LogP contribution in [0.15, 0.2) is 0 Å². The second-order valence-electron chi connectivity index (χ2n) is 3.13. The first-order chi connectivity index (χ1) is 7.03. The molecule has 0 spiro atoms. The first-order valence-electron chi connectivity index (χ1n) is 4.66. The quantitative estimate of drug-likeness (QED) is 0.778. The third-order valence-corrected chi connectivity index (χ3v) is 3.85. The lowest BCUT2D eigenvalue weighted by molar-refractivity contribution is 0.133. The van der Waals surface area contributed by atoms with E-state index in [0.717, 1.165) is 6.42 Å². The molecule has 0 radical (unpaired) electrons. The molecule has 8 heteroatoms. The molecule has 15 heavy (non-hydrogen) atoms. The van der Waals surface area contributed by atoms with Gasteiger partial charge in [0.15, 0.2) is 0 Å². The van der Waals surface area contributed by atoms with E-state index in [-0.39, 0.29) is 12.4 Å². The zero-order chi connectivity index (χ0) is 11.3. The number of rotatable bonds is 5. The average molecular weight is 260 g/mol. The summed E-state index contributed by atoms with van der Waals surface area (Å²) in [7, 11) is -3.01. The van der Waals surface area contributed by atoms with Crippen molar-refractivity contribution >= 4 is 22.2 Å². The van der Waals surface area contributed by atoms with Crippen LogP contribution in [0, 0.1) is 0 Å². The molecular formula is C7H16O6S2. The lowest BCUT2D eigenvalue weighted by atomic mass is 10.3. The SMILES string of the molecule is CCCOS(=O)OC1CCOS(O)(O)C1. The van der Waals surface area contributed by atoms with Crippen molar-refractivity contribution in [2.75, 3.05) is 19.0 Å². The van der Waals surface area contributed by atoms with E-state index in [1.807, 2.05) is 6.92 Å². The van der Waals surface area contributed by atoms with Crippen LogP contribution in [0.1, 0.15) is 19.8 Å². The normalized spacial score (nSPS) is 29.7. The van der Waals surface area contributed by atoms with Crippen LogP contribution in [0.3, 0.4) is 0 Å². The molecule has 1 aliphatic heterocycles. The van der Waals surface area contributed by atoms with Gasteiger partial charge in [-0.2, -0.15) is 4.21 Å². The van der Waals surface area contributed by atoms with E-state index in [4.69, 9.17) is 12.5 Å². The summed E-state index contributed by atoms with van der Waals surface area (Å²) in [6, 6.07) is 0. The standard InChI is InChI=1S/C7H16O6S2/c1-2-4-11-14(8)13-7-3-5-12-15(9,10)6-7/h7,9-10H,2-6H2,1H3. The summed E-state index contributed by atoms with van der Waals surface area (Å²) in [5, 5.41) is 0. The van der Waals surface area contributed by atoms with Gasteiger partial charge in [0.1, 0.15) is 0 Å². The smallest absolute Gasteiger partial charge is 0.304 e. The van der Waals surface area contributed by atoms with Crippen LogP contribution in [0.5, 0.6) is 0 Å². The monoisotopic (exact) mass is 260 g/mol. The van der Waals surface area contributed by atoms with Crippen LogP contribution in [0.25, 0.3) is 0 Å². The first kappa shape index (κ1) is 13.4. The van der Waals surface area contributed by atoms with Gasteiger partial charge in [-0.3, -0.25) is 12.5 Å². The molecule has 1 rings (SSSR count). The highest BCUT2D eigenvalue weighted by Gasteiger charge is 2.31. The number of hydrogen-bond donors (Lipinski definition) is 2. The highest BCUT2D eigenvalue weighted by Crippen LogP contribution is 2.44. The maximum Gasteiger partial charge on any atom is 0.304 e. The molecule has 2 atom stereocenters. The fourth-order valence-corrected chi connectivity index (χ4v) is 3.06. The Balaban J connectivity index is 2.28. The van der Waals surface area contributed by atoms with Crippen molar-refractivity contribution in [2.45, 2.75) is 25.9 Å². The molecule has 0 amide bonds. The van der Waals surface area contributed by atoms with Gasteiger partial charge in [0.05, 0.1) is 35.9 Å². The third kappa shape index (κ3) is 5.25. The van der Waals surface area contributed by atoms with Crippen molar-refractivity contribution in [1.29, 1.82) is 0 Å². The Labute approximate surface area is 93.3 Å². The zero-order valence-electron chi connectivity index (χ0n) is 8.46. The molecule has 2 unspecified atom stereocenters. The van der Waals surface area contributed by atoms with Gasteiger partial charge in [-0.15, -0.1) is 0 Å². The van der Waals surface area contributed by atoms with Crippen LogP contribution < -0.4 is 0 Å². The molecule has 1 heterocycles. The Hall–Kier alpha value is 0.300. The van der Waals surface area contributed by atoms with Crippen LogP contribution in [0.2, 0.25) is 0 Å². The lowest BCUT2D eigenvalue weighted by Gasteiger charge is -2.34. The van der Waals surface area contributed by atoms with Gasteiger partial charge in [0.2, 0.25) is 0 Å². The van der Waals surface area contributed by atoms with Gasteiger partial charge >= 0.3 is 11.4 Å². The molecule has 0 aromatic rings. The van der Waals surface area contributed by atoms with Crippen molar-refractivity contribution in [3.8, 4) is 0 Å². The molecule has 0 bridgehead atoms. The summed E-state index contributed by atoms with van der Waals surface area (Å²) in [4.78, 5) is 0. The highest BCUT2D eigenvalue weighted by atomic mass is 32.3. The van der Waals surface area contributed by atoms with Gasteiger partial charge in [0.25, 0.3) is 0 Å². The molecule has 92 valence electrons. The maximum absolute atomic E-state index is 11.2. The Morgan fingerprint density at radius 2 is 2.33 bits per heavy atom. The minimum absolute atomic E-state index is 0.0474. The zero-order valence-corrected chi connectivity index (χ0v) is 10.1. The molecule has 0 aromatic heterocycles. The van der Waals surface area contributed by atoms with Crippen LogP contribution >= 0.6 is 10.9 Å². The minimum atomic E-state index is -3.01. The van der Waals surface area contributed by atoms with Crippen molar-refractivity contribution in [1.82, 2.24) is 0 Å². The van der Waals surface area contributed by atoms with E-state index in [0.29, 0.717) is 13.0 Å².